The number of ether oxygens (including phenoxy) is 2. The van der Waals surface area contributed by atoms with Crippen molar-refractivity contribution in [3.05, 3.63) is 27.3 Å². The van der Waals surface area contributed by atoms with Gasteiger partial charge >= 0.3 is 12.2 Å². The minimum absolute atomic E-state index is 0.233. The Bertz CT molecular complexity index is 604. The van der Waals surface area contributed by atoms with Gasteiger partial charge < -0.3 is 14.8 Å². The van der Waals surface area contributed by atoms with Crippen molar-refractivity contribution in [2.45, 2.75) is 59.3 Å². The summed E-state index contributed by atoms with van der Waals surface area (Å²) in [7, 11) is 0. The lowest BCUT2D eigenvalue weighted by molar-refractivity contribution is 0.0523. The van der Waals surface area contributed by atoms with Gasteiger partial charge in [0, 0.05) is 15.8 Å². The number of hydrogen-bond donors (Lipinski definition) is 2. The van der Waals surface area contributed by atoms with E-state index in [4.69, 9.17) is 9.47 Å². The van der Waals surface area contributed by atoms with Gasteiger partial charge in [-0.15, -0.1) is 0 Å². The van der Waals surface area contributed by atoms with Crippen molar-refractivity contribution in [3.63, 3.8) is 0 Å². The fourth-order valence-electron chi connectivity index (χ4n) is 1.73. The molecule has 0 saturated heterocycles. The second kappa shape index (κ2) is 8.04. The number of rotatable bonds is 3. The van der Waals surface area contributed by atoms with Crippen LogP contribution in [0.2, 0.25) is 0 Å². The number of carbonyl (C=O) groups is 2. The summed E-state index contributed by atoms with van der Waals surface area (Å²) in [5, 5.41) is 5.40. The normalized spacial score (nSPS) is 11.6. The molecule has 0 aromatic heterocycles. The number of hydrogen-bond acceptors (Lipinski definition) is 4. The fourth-order valence-corrected chi connectivity index (χ4v) is 2.28. The van der Waals surface area contributed by atoms with E-state index in [2.05, 4.69) is 33.2 Å². The molecule has 0 bridgehead atoms. The van der Waals surface area contributed by atoms with Crippen LogP contribution in [0, 0.1) is 3.57 Å². The van der Waals surface area contributed by atoms with Crippen LogP contribution in [0.3, 0.4) is 0 Å². The second-order valence-corrected chi connectivity index (χ2v) is 8.53. The van der Waals surface area contributed by atoms with Gasteiger partial charge in [-0.2, -0.15) is 0 Å². The number of alkyl carbamates (subject to hydrolysis) is 1. The molecule has 7 heteroatoms. The smallest absolute Gasteiger partial charge is 0.412 e. The highest BCUT2D eigenvalue weighted by Gasteiger charge is 2.19. The SMILES string of the molecule is CC(C)(C)OC(=O)NCc1cc(I)ccc1NC(=O)OC(C)(C)C. The number of amides is 2. The van der Waals surface area contributed by atoms with Gasteiger partial charge in [0.1, 0.15) is 11.2 Å². The zero-order valence-electron chi connectivity index (χ0n) is 15.0. The maximum absolute atomic E-state index is 11.9. The first kappa shape index (κ1) is 20.5. The van der Waals surface area contributed by atoms with Crippen LogP contribution >= 0.6 is 22.6 Å². The van der Waals surface area contributed by atoms with E-state index in [-0.39, 0.29) is 6.54 Å². The van der Waals surface area contributed by atoms with Crippen molar-refractivity contribution >= 4 is 40.5 Å². The molecule has 2 amide bonds. The summed E-state index contributed by atoms with van der Waals surface area (Å²) in [5.74, 6) is 0. The number of benzene rings is 1. The monoisotopic (exact) mass is 448 g/mol. The molecule has 24 heavy (non-hydrogen) atoms. The van der Waals surface area contributed by atoms with Crippen LogP contribution < -0.4 is 10.6 Å². The van der Waals surface area contributed by atoms with Crippen molar-refractivity contribution < 1.29 is 19.1 Å². The topological polar surface area (TPSA) is 76.7 Å². The van der Waals surface area contributed by atoms with E-state index in [1.807, 2.05) is 12.1 Å². The van der Waals surface area contributed by atoms with E-state index < -0.39 is 23.4 Å². The van der Waals surface area contributed by atoms with E-state index in [1.54, 1.807) is 47.6 Å². The van der Waals surface area contributed by atoms with Gasteiger partial charge in [-0.3, -0.25) is 5.32 Å². The fraction of sp³-hybridized carbons (Fsp3) is 0.529. The largest absolute Gasteiger partial charge is 0.444 e. The van der Waals surface area contributed by atoms with Crippen LogP contribution in [-0.4, -0.2) is 23.4 Å². The minimum Gasteiger partial charge on any atom is -0.444 e. The van der Waals surface area contributed by atoms with Crippen LogP contribution in [0.15, 0.2) is 18.2 Å². The van der Waals surface area contributed by atoms with Gasteiger partial charge in [0.05, 0.1) is 0 Å². The summed E-state index contributed by atoms with van der Waals surface area (Å²) in [4.78, 5) is 23.7. The molecule has 1 rings (SSSR count). The first-order chi connectivity index (χ1) is 10.9. The van der Waals surface area contributed by atoms with Crippen LogP contribution in [0.25, 0.3) is 0 Å². The van der Waals surface area contributed by atoms with Crippen molar-refractivity contribution in [1.29, 1.82) is 0 Å². The first-order valence-corrected chi connectivity index (χ1v) is 8.69. The molecule has 6 nitrogen and oxygen atoms in total. The molecule has 0 spiro atoms. The van der Waals surface area contributed by atoms with Crippen LogP contribution in [0.5, 0.6) is 0 Å². The highest BCUT2D eigenvalue weighted by atomic mass is 127. The van der Waals surface area contributed by atoms with Crippen molar-refractivity contribution in [2.24, 2.45) is 0 Å². The van der Waals surface area contributed by atoms with E-state index in [9.17, 15) is 9.59 Å². The maximum Gasteiger partial charge on any atom is 0.412 e. The summed E-state index contributed by atoms with van der Waals surface area (Å²) in [5.41, 5.74) is 0.203. The summed E-state index contributed by atoms with van der Waals surface area (Å²) < 4.78 is 11.5. The van der Waals surface area contributed by atoms with Crippen LogP contribution in [-0.2, 0) is 16.0 Å². The van der Waals surface area contributed by atoms with Gasteiger partial charge in [-0.1, -0.05) is 0 Å². The molecule has 134 valence electrons. The quantitative estimate of drug-likeness (QED) is 0.660. The molecule has 0 saturated carbocycles. The standard InChI is InChI=1S/C17H25IN2O4/c1-16(2,3)23-14(21)19-10-11-9-12(18)7-8-13(11)20-15(22)24-17(4,5)6/h7-9H,10H2,1-6H3,(H,19,21)(H,20,22). The zero-order valence-corrected chi connectivity index (χ0v) is 17.1. The molecule has 0 unspecified atom stereocenters. The predicted molar refractivity (Wildman–Crippen MR) is 102 cm³/mol. The maximum atomic E-state index is 11.9. The molecule has 0 heterocycles. The van der Waals surface area contributed by atoms with Crippen LogP contribution in [0.4, 0.5) is 15.3 Å². The molecule has 2 N–H and O–H groups in total. The molecule has 0 atom stereocenters. The molecular weight excluding hydrogens is 423 g/mol. The molecular formula is C17H25IN2O4. The second-order valence-electron chi connectivity index (χ2n) is 7.28. The molecule has 0 radical (unpaired) electrons. The lowest BCUT2D eigenvalue weighted by Crippen LogP contribution is -2.32. The van der Waals surface area contributed by atoms with Gasteiger partial charge in [-0.25, -0.2) is 9.59 Å². The Morgan fingerprint density at radius 1 is 1.00 bits per heavy atom. The highest BCUT2D eigenvalue weighted by molar-refractivity contribution is 14.1. The van der Waals surface area contributed by atoms with E-state index in [1.165, 1.54) is 0 Å². The Labute approximate surface area is 156 Å². The van der Waals surface area contributed by atoms with Gasteiger partial charge in [0.15, 0.2) is 0 Å². The third-order valence-electron chi connectivity index (χ3n) is 2.52. The number of halogens is 1. The third-order valence-corrected chi connectivity index (χ3v) is 3.20. The van der Waals surface area contributed by atoms with Gasteiger partial charge in [0.2, 0.25) is 0 Å². The Balaban J connectivity index is 2.78. The Kier molecular flexibility index (Phi) is 6.88. The van der Waals surface area contributed by atoms with Crippen molar-refractivity contribution in [2.75, 3.05) is 5.32 Å². The van der Waals surface area contributed by atoms with E-state index in [0.29, 0.717) is 5.69 Å². The van der Waals surface area contributed by atoms with E-state index >= 15 is 0 Å². The number of nitrogens with one attached hydrogen (secondary N) is 2. The summed E-state index contributed by atoms with van der Waals surface area (Å²) >= 11 is 2.17. The average Bonchev–Trinajstić information content (AvgIpc) is 2.34. The molecule has 0 aliphatic heterocycles. The lowest BCUT2D eigenvalue weighted by atomic mass is 10.1. The zero-order chi connectivity index (χ0) is 18.5. The first-order valence-electron chi connectivity index (χ1n) is 7.61. The van der Waals surface area contributed by atoms with Gasteiger partial charge in [-0.05, 0) is 87.9 Å². The summed E-state index contributed by atoms with van der Waals surface area (Å²) in [6.45, 7) is 11.0. The lowest BCUT2D eigenvalue weighted by Gasteiger charge is -2.21. The Morgan fingerprint density at radius 2 is 1.54 bits per heavy atom. The molecule has 0 fully saturated rings. The summed E-state index contributed by atoms with van der Waals surface area (Å²) in [6, 6.07) is 5.52. The number of anilines is 1. The summed E-state index contributed by atoms with van der Waals surface area (Å²) in [6.07, 6.45) is -1.05. The Hall–Kier alpha value is -1.51. The van der Waals surface area contributed by atoms with Crippen molar-refractivity contribution in [3.8, 4) is 0 Å². The molecule has 0 aliphatic rings. The third kappa shape index (κ3) is 8.37. The highest BCUT2D eigenvalue weighted by Crippen LogP contribution is 2.20. The molecule has 1 aromatic carbocycles. The molecule has 1 aromatic rings. The van der Waals surface area contributed by atoms with Crippen molar-refractivity contribution in [1.82, 2.24) is 5.32 Å². The predicted octanol–water partition coefficient (Wildman–Crippen LogP) is 4.66. The number of carbonyl (C=O) groups excluding carboxylic acids is 2. The molecule has 0 aliphatic carbocycles. The Morgan fingerprint density at radius 3 is 2.08 bits per heavy atom. The minimum atomic E-state index is -0.581. The van der Waals surface area contributed by atoms with Gasteiger partial charge in [0.25, 0.3) is 0 Å². The average molecular weight is 448 g/mol. The van der Waals surface area contributed by atoms with E-state index in [0.717, 1.165) is 9.13 Å². The van der Waals surface area contributed by atoms with Crippen LogP contribution in [0.1, 0.15) is 47.1 Å².